The van der Waals surface area contributed by atoms with Gasteiger partial charge in [-0.3, -0.25) is 4.79 Å². The lowest BCUT2D eigenvalue weighted by molar-refractivity contribution is -0.358. The summed E-state index contributed by atoms with van der Waals surface area (Å²) in [5.74, 6) is -0.795. The van der Waals surface area contributed by atoms with Crippen LogP contribution in [0.5, 0.6) is 0 Å². The predicted octanol–water partition coefficient (Wildman–Crippen LogP) is 4.52. The van der Waals surface area contributed by atoms with Gasteiger partial charge in [0.2, 0.25) is 0 Å². The molecule has 3 fully saturated rings. The molecule has 0 radical (unpaired) electrons. The van der Waals surface area contributed by atoms with Gasteiger partial charge in [0.15, 0.2) is 14.6 Å². The lowest BCUT2D eigenvalue weighted by Crippen LogP contribution is -2.71. The minimum Gasteiger partial charge on any atom is -0.466 e. The summed E-state index contributed by atoms with van der Waals surface area (Å²) in [6.45, 7) is 13.7. The molecule has 2 bridgehead atoms. The number of hydrogen-bond acceptors (Lipinski definition) is 8. The van der Waals surface area contributed by atoms with Crippen LogP contribution in [0.2, 0.25) is 18.1 Å². The fraction of sp³-hybridized carbons (Fsp3) is 0.741. The van der Waals surface area contributed by atoms with E-state index in [0.29, 0.717) is 13.2 Å². The first-order chi connectivity index (χ1) is 17.0. The minimum atomic E-state index is -2.23. The van der Waals surface area contributed by atoms with Crippen molar-refractivity contribution in [2.24, 2.45) is 11.8 Å². The van der Waals surface area contributed by atoms with E-state index in [2.05, 4.69) is 33.9 Å². The maximum Gasteiger partial charge on any atom is 0.306 e. The zero-order valence-electron chi connectivity index (χ0n) is 23.0. The van der Waals surface area contributed by atoms with Crippen LogP contribution >= 0.6 is 0 Å². The molecule has 9 heteroatoms. The van der Waals surface area contributed by atoms with Crippen molar-refractivity contribution in [2.75, 3.05) is 27.6 Å². The summed E-state index contributed by atoms with van der Waals surface area (Å²) in [4.78, 5) is 12.8. The van der Waals surface area contributed by atoms with Gasteiger partial charge in [-0.1, -0.05) is 51.1 Å². The lowest BCUT2D eigenvalue weighted by Gasteiger charge is -2.59. The van der Waals surface area contributed by atoms with Crippen LogP contribution in [0.4, 0.5) is 0 Å². The molecule has 0 spiro atoms. The molecule has 1 aromatic carbocycles. The van der Waals surface area contributed by atoms with Gasteiger partial charge < -0.3 is 32.8 Å². The molecular weight excluding hydrogens is 480 g/mol. The van der Waals surface area contributed by atoms with E-state index in [1.165, 1.54) is 0 Å². The second-order valence-corrected chi connectivity index (χ2v) is 15.9. The molecule has 1 saturated carbocycles. The summed E-state index contributed by atoms with van der Waals surface area (Å²) in [6.07, 6.45) is -2.06. The Hall–Kier alpha value is -1.33. The third kappa shape index (κ3) is 6.56. The van der Waals surface area contributed by atoms with Gasteiger partial charge in [0.1, 0.15) is 19.0 Å². The first-order valence-electron chi connectivity index (χ1n) is 12.8. The average molecular weight is 525 g/mol. The normalized spacial score (nSPS) is 30.4. The SMILES string of the molecule is CCOC(=O)CC1[C@H]2[C@@H](OC)O[C@@H]([C@@H](OCc3ccccc3)[C@@H]2OCOC)[C@@H]1O[Si](C)(C)C(C)(C)C. The first-order valence-corrected chi connectivity index (χ1v) is 15.7. The van der Waals surface area contributed by atoms with E-state index < -0.39 is 32.9 Å². The Labute approximate surface area is 217 Å². The molecule has 3 aliphatic rings. The maximum atomic E-state index is 12.8. The number of carbonyl (C=O) groups excluding carboxylic acids is 1. The number of methoxy groups -OCH3 is 2. The monoisotopic (exact) mass is 524 g/mol. The molecule has 0 N–H and O–H groups in total. The molecule has 4 rings (SSSR count). The molecule has 204 valence electrons. The number of rotatable bonds is 12. The predicted molar refractivity (Wildman–Crippen MR) is 138 cm³/mol. The first kappa shape index (κ1) is 29.2. The fourth-order valence-electron chi connectivity index (χ4n) is 4.91. The van der Waals surface area contributed by atoms with Gasteiger partial charge in [-0.2, -0.15) is 0 Å². The number of carbonyl (C=O) groups is 1. The molecule has 1 aromatic rings. The van der Waals surface area contributed by atoms with Gasteiger partial charge in [0.05, 0.1) is 31.8 Å². The maximum absolute atomic E-state index is 12.8. The van der Waals surface area contributed by atoms with Crippen LogP contribution in [0.1, 0.15) is 39.7 Å². The van der Waals surface area contributed by atoms with Gasteiger partial charge in [-0.05, 0) is 30.6 Å². The number of benzene rings is 1. The van der Waals surface area contributed by atoms with Crippen LogP contribution in [0, 0.1) is 11.8 Å². The van der Waals surface area contributed by atoms with Gasteiger partial charge >= 0.3 is 5.97 Å². The molecule has 0 aromatic heterocycles. The highest BCUT2D eigenvalue weighted by Gasteiger charge is 2.63. The highest BCUT2D eigenvalue weighted by molar-refractivity contribution is 6.74. The molecule has 36 heavy (non-hydrogen) atoms. The number of esters is 1. The van der Waals surface area contributed by atoms with Crippen LogP contribution in [-0.4, -0.2) is 72.6 Å². The van der Waals surface area contributed by atoms with Gasteiger partial charge in [-0.15, -0.1) is 0 Å². The van der Waals surface area contributed by atoms with Crippen molar-refractivity contribution in [3.8, 4) is 0 Å². The second kappa shape index (κ2) is 12.5. The Morgan fingerprint density at radius 3 is 2.31 bits per heavy atom. The molecular formula is C27H44O8Si. The Morgan fingerprint density at radius 2 is 1.72 bits per heavy atom. The third-order valence-corrected chi connectivity index (χ3v) is 12.2. The molecule has 7 atom stereocenters. The Bertz CT molecular complexity index is 827. The highest BCUT2D eigenvalue weighted by Crippen LogP contribution is 2.50. The van der Waals surface area contributed by atoms with E-state index in [4.69, 9.17) is 32.8 Å². The van der Waals surface area contributed by atoms with Crippen LogP contribution < -0.4 is 0 Å². The number of hydrogen-bond donors (Lipinski definition) is 0. The summed E-state index contributed by atoms with van der Waals surface area (Å²) >= 11 is 0. The molecule has 1 aliphatic carbocycles. The van der Waals surface area contributed by atoms with Crippen molar-refractivity contribution < 1.29 is 37.6 Å². The molecule has 1 unspecified atom stereocenters. The Balaban J connectivity index is 1.99. The minimum absolute atomic E-state index is 0.0226. The highest BCUT2D eigenvalue weighted by atomic mass is 28.4. The van der Waals surface area contributed by atoms with Gasteiger partial charge in [0.25, 0.3) is 0 Å². The van der Waals surface area contributed by atoms with Crippen molar-refractivity contribution >= 4 is 14.3 Å². The van der Waals surface area contributed by atoms with Gasteiger partial charge in [0, 0.05) is 26.1 Å². The van der Waals surface area contributed by atoms with E-state index in [-0.39, 0.29) is 42.2 Å². The molecule has 2 saturated heterocycles. The van der Waals surface area contributed by atoms with Crippen LogP contribution in [-0.2, 0) is 44.2 Å². The summed E-state index contributed by atoms with van der Waals surface area (Å²) in [6, 6.07) is 10.0. The summed E-state index contributed by atoms with van der Waals surface area (Å²) in [5, 5.41) is -0.0226. The molecule has 8 nitrogen and oxygen atoms in total. The fourth-order valence-corrected chi connectivity index (χ4v) is 6.26. The smallest absolute Gasteiger partial charge is 0.306 e. The zero-order chi connectivity index (χ0) is 26.5. The van der Waals surface area contributed by atoms with E-state index in [0.717, 1.165) is 5.56 Å². The lowest BCUT2D eigenvalue weighted by atomic mass is 9.68. The van der Waals surface area contributed by atoms with Gasteiger partial charge in [-0.25, -0.2) is 0 Å². The standard InChI is InChI=1S/C27H44O8Si/c1-9-31-20(28)15-19-21-23(33-17-29-5)24(32-16-18-13-11-10-12-14-18)25(34-26(21)30-6)22(19)35-36(7,8)27(2,3)4/h10-14,19,21-26H,9,15-17H2,1-8H3/t19?,21-,22-,23-,24+,25-,26+/m1/s1. The molecule has 2 heterocycles. The number of fused-ring (bicyclic) bond motifs is 3. The largest absolute Gasteiger partial charge is 0.466 e. The summed E-state index contributed by atoms with van der Waals surface area (Å²) < 4.78 is 42.5. The molecule has 2 aliphatic heterocycles. The summed E-state index contributed by atoms with van der Waals surface area (Å²) in [5.41, 5.74) is 1.05. The van der Waals surface area contributed by atoms with E-state index in [1.54, 1.807) is 14.2 Å². The van der Waals surface area contributed by atoms with Crippen molar-refractivity contribution in [2.45, 2.75) is 89.6 Å². The second-order valence-electron chi connectivity index (χ2n) is 11.1. The van der Waals surface area contributed by atoms with Crippen molar-refractivity contribution in [1.29, 1.82) is 0 Å². The average Bonchev–Trinajstić information content (AvgIpc) is 2.83. The van der Waals surface area contributed by atoms with E-state index >= 15 is 0 Å². The van der Waals surface area contributed by atoms with Crippen LogP contribution in [0.3, 0.4) is 0 Å². The van der Waals surface area contributed by atoms with Crippen molar-refractivity contribution in [1.82, 2.24) is 0 Å². The zero-order valence-corrected chi connectivity index (χ0v) is 24.0. The van der Waals surface area contributed by atoms with E-state index in [1.807, 2.05) is 37.3 Å². The molecule has 0 amide bonds. The quantitative estimate of drug-likeness (QED) is 0.224. The third-order valence-electron chi connectivity index (χ3n) is 7.71. The van der Waals surface area contributed by atoms with E-state index in [9.17, 15) is 4.79 Å². The Morgan fingerprint density at radius 1 is 1.03 bits per heavy atom. The van der Waals surface area contributed by atoms with Crippen LogP contribution in [0.25, 0.3) is 0 Å². The number of ether oxygens (including phenoxy) is 6. The van der Waals surface area contributed by atoms with Crippen LogP contribution in [0.15, 0.2) is 30.3 Å². The summed E-state index contributed by atoms with van der Waals surface area (Å²) in [7, 11) is 0.972. The van der Waals surface area contributed by atoms with Crippen molar-refractivity contribution in [3.05, 3.63) is 35.9 Å². The van der Waals surface area contributed by atoms with Crippen molar-refractivity contribution in [3.63, 3.8) is 0 Å². The topological polar surface area (TPSA) is 81.7 Å². The Kier molecular flexibility index (Phi) is 10.1.